The number of hydrazine groups is 1. The maximum absolute atomic E-state index is 13.5. The van der Waals surface area contributed by atoms with Crippen molar-refractivity contribution in [3.05, 3.63) is 59.1 Å². The number of carbonyl (C=O) groups excluding carboxylic acids is 2. The van der Waals surface area contributed by atoms with Crippen molar-refractivity contribution in [2.24, 2.45) is 5.92 Å². The number of nitrogens with zero attached hydrogens (tertiary/aromatic N) is 3. The van der Waals surface area contributed by atoms with E-state index in [0.29, 0.717) is 16.5 Å². The third-order valence-corrected chi connectivity index (χ3v) is 6.18. The standard InChI is InChI=1S/C21H20ClN3O3/c1-28-16-5-2-4-15(12-16)25-20(26)17-18(13-6-8-14(22)9-7-13)23-10-3-11-24(23)19(17)21(25)27/h2,4-9,12,17-19H,3,10-11H2,1H3/t17-,18+,19-/m0/s1. The Kier molecular flexibility index (Phi) is 4.16. The molecule has 144 valence electrons. The number of anilines is 1. The maximum atomic E-state index is 13.5. The van der Waals surface area contributed by atoms with Gasteiger partial charge in [-0.2, -0.15) is 0 Å². The van der Waals surface area contributed by atoms with Crippen LogP contribution < -0.4 is 9.64 Å². The molecule has 0 radical (unpaired) electrons. The Balaban J connectivity index is 1.57. The quantitative estimate of drug-likeness (QED) is 0.745. The zero-order chi connectivity index (χ0) is 19.4. The molecule has 3 saturated heterocycles. The number of benzene rings is 2. The van der Waals surface area contributed by atoms with Crippen LogP contribution in [0.1, 0.15) is 18.0 Å². The van der Waals surface area contributed by atoms with Crippen molar-refractivity contribution in [2.75, 3.05) is 25.1 Å². The largest absolute Gasteiger partial charge is 0.497 e. The van der Waals surface area contributed by atoms with E-state index in [1.54, 1.807) is 31.4 Å². The first kappa shape index (κ1) is 17.7. The van der Waals surface area contributed by atoms with Crippen LogP contribution in [0.25, 0.3) is 0 Å². The number of carbonyl (C=O) groups is 2. The normalized spacial score (nSPS) is 27.4. The number of hydrogen-bond donors (Lipinski definition) is 0. The van der Waals surface area contributed by atoms with Crippen LogP contribution in [0.4, 0.5) is 5.69 Å². The Morgan fingerprint density at radius 3 is 2.39 bits per heavy atom. The van der Waals surface area contributed by atoms with Gasteiger partial charge in [-0.1, -0.05) is 29.8 Å². The summed E-state index contributed by atoms with van der Waals surface area (Å²) in [5.41, 5.74) is 1.57. The number of amides is 2. The molecule has 7 heteroatoms. The summed E-state index contributed by atoms with van der Waals surface area (Å²) in [5.74, 6) is -0.128. The minimum absolute atomic E-state index is 0.155. The molecule has 2 aromatic carbocycles. The van der Waals surface area contributed by atoms with Gasteiger partial charge in [-0.15, -0.1) is 0 Å². The summed E-state index contributed by atoms with van der Waals surface area (Å²) < 4.78 is 5.27. The van der Waals surface area contributed by atoms with E-state index in [1.807, 2.05) is 24.3 Å². The van der Waals surface area contributed by atoms with E-state index in [4.69, 9.17) is 16.3 Å². The molecule has 2 amide bonds. The Bertz CT molecular complexity index is 948. The zero-order valence-corrected chi connectivity index (χ0v) is 16.2. The van der Waals surface area contributed by atoms with Crippen LogP contribution in [0.5, 0.6) is 5.75 Å². The average molecular weight is 398 g/mol. The Labute approximate surface area is 168 Å². The van der Waals surface area contributed by atoms with E-state index in [-0.39, 0.29) is 17.9 Å². The molecule has 0 aromatic heterocycles. The van der Waals surface area contributed by atoms with Gasteiger partial charge in [0.15, 0.2) is 0 Å². The monoisotopic (exact) mass is 397 g/mol. The number of rotatable bonds is 3. The summed E-state index contributed by atoms with van der Waals surface area (Å²) in [6, 6.07) is 14.1. The second kappa shape index (κ2) is 6.58. The first-order chi connectivity index (χ1) is 13.6. The second-order valence-corrected chi connectivity index (χ2v) is 7.80. The number of hydrogen-bond acceptors (Lipinski definition) is 5. The van der Waals surface area contributed by atoms with Crippen molar-refractivity contribution in [2.45, 2.75) is 18.5 Å². The van der Waals surface area contributed by atoms with E-state index in [2.05, 4.69) is 10.0 Å². The highest BCUT2D eigenvalue weighted by atomic mass is 35.5. The van der Waals surface area contributed by atoms with Crippen LogP contribution >= 0.6 is 11.6 Å². The molecule has 28 heavy (non-hydrogen) atoms. The van der Waals surface area contributed by atoms with E-state index in [9.17, 15) is 9.59 Å². The number of halogens is 1. The van der Waals surface area contributed by atoms with Gasteiger partial charge in [0.1, 0.15) is 11.8 Å². The lowest BCUT2D eigenvalue weighted by Crippen LogP contribution is -2.44. The molecule has 3 aliphatic heterocycles. The minimum Gasteiger partial charge on any atom is -0.497 e. The molecule has 0 unspecified atom stereocenters. The molecule has 0 N–H and O–H groups in total. The highest BCUT2D eigenvalue weighted by molar-refractivity contribution is 6.30. The molecular weight excluding hydrogens is 378 g/mol. The fraction of sp³-hybridized carbons (Fsp3) is 0.333. The molecular formula is C21H20ClN3O3. The van der Waals surface area contributed by atoms with Crippen molar-refractivity contribution < 1.29 is 14.3 Å². The highest BCUT2D eigenvalue weighted by Gasteiger charge is 2.62. The lowest BCUT2D eigenvalue weighted by atomic mass is 9.90. The summed E-state index contributed by atoms with van der Waals surface area (Å²) in [5, 5.41) is 4.94. The fourth-order valence-corrected chi connectivity index (χ4v) is 4.90. The summed E-state index contributed by atoms with van der Waals surface area (Å²) >= 11 is 6.06. The van der Waals surface area contributed by atoms with Crippen LogP contribution in [-0.2, 0) is 9.59 Å². The van der Waals surface area contributed by atoms with Gasteiger partial charge in [-0.25, -0.2) is 14.9 Å². The summed E-state index contributed by atoms with van der Waals surface area (Å²) in [6.07, 6.45) is 0.980. The molecule has 6 nitrogen and oxygen atoms in total. The van der Waals surface area contributed by atoms with E-state index in [0.717, 1.165) is 25.1 Å². The van der Waals surface area contributed by atoms with E-state index < -0.39 is 12.0 Å². The lowest BCUT2D eigenvalue weighted by Gasteiger charge is -2.29. The number of methoxy groups -OCH3 is 1. The van der Waals surface area contributed by atoms with Crippen LogP contribution in [0.15, 0.2) is 48.5 Å². The number of ether oxygens (including phenoxy) is 1. The van der Waals surface area contributed by atoms with Crippen molar-refractivity contribution >= 4 is 29.1 Å². The Hall–Kier alpha value is -2.41. The van der Waals surface area contributed by atoms with Gasteiger partial charge in [-0.3, -0.25) is 9.59 Å². The van der Waals surface area contributed by atoms with Gasteiger partial charge in [0.2, 0.25) is 5.91 Å². The third-order valence-electron chi connectivity index (χ3n) is 5.93. The van der Waals surface area contributed by atoms with Gasteiger partial charge in [-0.05, 0) is 36.2 Å². The third kappa shape index (κ3) is 2.49. The van der Waals surface area contributed by atoms with Crippen LogP contribution in [0.3, 0.4) is 0 Å². The fourth-order valence-electron chi connectivity index (χ4n) is 4.78. The molecule has 5 rings (SSSR count). The van der Waals surface area contributed by atoms with Gasteiger partial charge in [0.05, 0.1) is 24.8 Å². The first-order valence-corrected chi connectivity index (χ1v) is 9.78. The first-order valence-electron chi connectivity index (χ1n) is 9.40. The zero-order valence-electron chi connectivity index (χ0n) is 15.4. The Morgan fingerprint density at radius 1 is 0.964 bits per heavy atom. The van der Waals surface area contributed by atoms with E-state index in [1.165, 1.54) is 4.90 Å². The van der Waals surface area contributed by atoms with Crippen LogP contribution in [0.2, 0.25) is 5.02 Å². The predicted molar refractivity (Wildman–Crippen MR) is 105 cm³/mol. The SMILES string of the molecule is COc1cccc(N2C(=O)[C@@H]3[C@@H](C2=O)N2CCCN2[C@@H]3c2ccc(Cl)cc2)c1. The molecule has 3 aliphatic rings. The van der Waals surface area contributed by atoms with E-state index >= 15 is 0 Å². The van der Waals surface area contributed by atoms with Crippen molar-refractivity contribution in [3.8, 4) is 5.75 Å². The topological polar surface area (TPSA) is 53.1 Å². The maximum Gasteiger partial charge on any atom is 0.253 e. The molecule has 0 bridgehead atoms. The summed E-state index contributed by atoms with van der Waals surface area (Å²) in [4.78, 5) is 28.1. The highest BCUT2D eigenvalue weighted by Crippen LogP contribution is 2.49. The minimum atomic E-state index is -0.457. The van der Waals surface area contributed by atoms with Crippen molar-refractivity contribution in [1.82, 2.24) is 10.0 Å². The Morgan fingerprint density at radius 2 is 1.68 bits per heavy atom. The van der Waals surface area contributed by atoms with Crippen molar-refractivity contribution in [3.63, 3.8) is 0 Å². The van der Waals surface area contributed by atoms with Crippen LogP contribution in [0, 0.1) is 5.92 Å². The molecule has 2 aromatic rings. The molecule has 0 saturated carbocycles. The number of fused-ring (bicyclic) bond motifs is 3. The van der Waals surface area contributed by atoms with Crippen LogP contribution in [-0.4, -0.2) is 48.1 Å². The molecule has 0 spiro atoms. The molecule has 3 fully saturated rings. The molecule has 3 heterocycles. The molecule has 0 aliphatic carbocycles. The van der Waals surface area contributed by atoms with Gasteiger partial charge in [0.25, 0.3) is 5.91 Å². The number of imide groups is 1. The molecule has 3 atom stereocenters. The second-order valence-electron chi connectivity index (χ2n) is 7.36. The van der Waals surface area contributed by atoms with Crippen molar-refractivity contribution in [1.29, 1.82) is 0 Å². The average Bonchev–Trinajstić information content (AvgIpc) is 3.35. The predicted octanol–water partition coefficient (Wildman–Crippen LogP) is 2.88. The smallest absolute Gasteiger partial charge is 0.253 e. The lowest BCUT2D eigenvalue weighted by molar-refractivity contribution is -0.126. The van der Waals surface area contributed by atoms with Gasteiger partial charge >= 0.3 is 0 Å². The van der Waals surface area contributed by atoms with Gasteiger partial charge in [0, 0.05) is 24.2 Å². The summed E-state index contributed by atoms with van der Waals surface area (Å²) in [6.45, 7) is 1.64. The summed E-state index contributed by atoms with van der Waals surface area (Å²) in [7, 11) is 1.57. The van der Waals surface area contributed by atoms with Gasteiger partial charge < -0.3 is 4.74 Å².